The molecule has 0 spiro atoms. The second-order valence-electron chi connectivity index (χ2n) is 7.73. The Morgan fingerprint density at radius 3 is 2.35 bits per heavy atom. The number of rotatable bonds is 4. The highest BCUT2D eigenvalue weighted by molar-refractivity contribution is 5.75. The maximum absolute atomic E-state index is 11.8. The van der Waals surface area contributed by atoms with Crippen molar-refractivity contribution in [3.63, 3.8) is 0 Å². The Kier molecular flexibility index (Phi) is 4.77. The first-order valence-corrected chi connectivity index (χ1v) is 9.05. The van der Waals surface area contributed by atoms with E-state index in [1.54, 1.807) is 0 Å². The van der Waals surface area contributed by atoms with E-state index in [2.05, 4.69) is 49.1 Å². The Hall–Kier alpha value is -1.35. The van der Waals surface area contributed by atoms with Gasteiger partial charge < -0.3 is 10.0 Å². The molecule has 1 saturated carbocycles. The maximum atomic E-state index is 11.8. The summed E-state index contributed by atoms with van der Waals surface area (Å²) < 4.78 is 0. The number of hydrogen-bond donors (Lipinski definition) is 1. The fourth-order valence-electron chi connectivity index (χ4n) is 4.65. The van der Waals surface area contributed by atoms with Gasteiger partial charge in [-0.05, 0) is 62.6 Å². The van der Waals surface area contributed by atoms with Gasteiger partial charge >= 0.3 is 5.97 Å². The van der Waals surface area contributed by atoms with Crippen LogP contribution in [0.4, 0.5) is 0 Å². The van der Waals surface area contributed by atoms with Crippen molar-refractivity contribution >= 4 is 5.97 Å². The third-order valence-electron chi connectivity index (χ3n) is 6.37. The molecule has 0 amide bonds. The first-order valence-electron chi connectivity index (χ1n) is 9.05. The molecule has 2 atom stereocenters. The Bertz CT molecular complexity index is 534. The van der Waals surface area contributed by atoms with Crippen LogP contribution in [0, 0.1) is 11.3 Å². The summed E-state index contributed by atoms with van der Waals surface area (Å²) >= 11 is 0. The lowest BCUT2D eigenvalue weighted by molar-refractivity contribution is -0.151. The molecule has 23 heavy (non-hydrogen) atoms. The van der Waals surface area contributed by atoms with Crippen LogP contribution in [0.25, 0.3) is 0 Å². The van der Waals surface area contributed by atoms with Crippen LogP contribution in [-0.2, 0) is 4.79 Å². The quantitative estimate of drug-likeness (QED) is 0.907. The van der Waals surface area contributed by atoms with Gasteiger partial charge in [-0.15, -0.1) is 0 Å². The van der Waals surface area contributed by atoms with Crippen molar-refractivity contribution in [1.82, 2.24) is 4.90 Å². The van der Waals surface area contributed by atoms with Crippen molar-refractivity contribution < 1.29 is 9.90 Å². The zero-order chi connectivity index (χ0) is 16.4. The molecule has 1 aromatic rings. The molecular formula is C20H29NO2. The van der Waals surface area contributed by atoms with Crippen LogP contribution in [0.1, 0.15) is 57.4 Å². The summed E-state index contributed by atoms with van der Waals surface area (Å²) in [4.78, 5) is 14.4. The minimum absolute atomic E-state index is 0.215. The fourth-order valence-corrected chi connectivity index (χ4v) is 4.65. The number of aliphatic carboxylic acids is 1. The van der Waals surface area contributed by atoms with Crippen LogP contribution < -0.4 is 0 Å². The number of hydrogen-bond acceptors (Lipinski definition) is 2. The van der Waals surface area contributed by atoms with Gasteiger partial charge in [-0.1, -0.05) is 44.2 Å². The van der Waals surface area contributed by atoms with E-state index in [0.717, 1.165) is 32.4 Å². The Morgan fingerprint density at radius 2 is 1.83 bits per heavy atom. The highest BCUT2D eigenvalue weighted by atomic mass is 16.4. The number of carbonyl (C=O) groups is 1. The second-order valence-corrected chi connectivity index (χ2v) is 7.73. The van der Waals surface area contributed by atoms with Gasteiger partial charge in [-0.2, -0.15) is 0 Å². The van der Waals surface area contributed by atoms with Gasteiger partial charge in [0.05, 0.1) is 5.41 Å². The first kappa shape index (κ1) is 16.5. The van der Waals surface area contributed by atoms with Gasteiger partial charge in [0.25, 0.3) is 0 Å². The zero-order valence-corrected chi connectivity index (χ0v) is 14.4. The first-order chi connectivity index (χ1) is 11.0. The minimum Gasteiger partial charge on any atom is -0.481 e. The van der Waals surface area contributed by atoms with E-state index in [9.17, 15) is 9.90 Å². The average Bonchev–Trinajstić information content (AvgIpc) is 3.03. The molecule has 1 heterocycles. The summed E-state index contributed by atoms with van der Waals surface area (Å²) in [5.41, 5.74) is 0.960. The normalized spacial score (nSPS) is 30.0. The molecule has 2 unspecified atom stereocenters. The van der Waals surface area contributed by atoms with Crippen LogP contribution in [0.2, 0.25) is 0 Å². The van der Waals surface area contributed by atoms with Crippen LogP contribution >= 0.6 is 0 Å². The Morgan fingerprint density at radius 1 is 1.17 bits per heavy atom. The van der Waals surface area contributed by atoms with Gasteiger partial charge in [0.1, 0.15) is 0 Å². The third-order valence-corrected chi connectivity index (χ3v) is 6.37. The molecule has 0 bridgehead atoms. The average molecular weight is 315 g/mol. The van der Waals surface area contributed by atoms with E-state index in [4.69, 9.17) is 0 Å². The largest absolute Gasteiger partial charge is 0.481 e. The lowest BCUT2D eigenvalue weighted by Crippen LogP contribution is -2.42. The summed E-state index contributed by atoms with van der Waals surface area (Å²) in [6, 6.07) is 11.3. The number of carboxylic acid groups (broad SMARTS) is 1. The molecule has 1 aliphatic carbocycles. The SMILES string of the molecule is CC(C)C1(C(=O)O)CCC(N2CCC(c3ccccc3)CC2)C1. The van der Waals surface area contributed by atoms with E-state index in [0.29, 0.717) is 12.0 Å². The minimum atomic E-state index is -0.589. The molecule has 1 saturated heterocycles. The van der Waals surface area contributed by atoms with Crippen molar-refractivity contribution in [2.24, 2.45) is 11.3 Å². The summed E-state index contributed by atoms with van der Waals surface area (Å²) in [5.74, 6) is 0.296. The van der Waals surface area contributed by atoms with Crippen molar-refractivity contribution in [2.75, 3.05) is 13.1 Å². The topological polar surface area (TPSA) is 40.5 Å². The Balaban J connectivity index is 1.60. The molecule has 2 aliphatic rings. The molecule has 2 fully saturated rings. The van der Waals surface area contributed by atoms with E-state index >= 15 is 0 Å². The summed E-state index contributed by atoms with van der Waals surface area (Å²) in [6.07, 6.45) is 5.10. The highest BCUT2D eigenvalue weighted by Crippen LogP contribution is 2.47. The number of nitrogens with zero attached hydrogens (tertiary/aromatic N) is 1. The van der Waals surface area contributed by atoms with Gasteiger partial charge in [0.15, 0.2) is 0 Å². The van der Waals surface area contributed by atoms with Crippen molar-refractivity contribution in [3.8, 4) is 0 Å². The number of carboxylic acids is 1. The molecule has 1 aromatic carbocycles. The summed E-state index contributed by atoms with van der Waals surface area (Å²) in [6.45, 7) is 6.35. The van der Waals surface area contributed by atoms with Crippen molar-refractivity contribution in [2.45, 2.75) is 57.9 Å². The van der Waals surface area contributed by atoms with E-state index in [-0.39, 0.29) is 5.92 Å². The number of piperidine rings is 1. The number of likely N-dealkylation sites (tertiary alicyclic amines) is 1. The summed E-state index contributed by atoms with van der Waals surface area (Å²) in [5, 5.41) is 9.72. The molecular weight excluding hydrogens is 286 g/mol. The van der Waals surface area contributed by atoms with Crippen molar-refractivity contribution in [1.29, 1.82) is 0 Å². The predicted octanol–water partition coefficient (Wildman–Crippen LogP) is 4.15. The molecule has 3 rings (SSSR count). The predicted molar refractivity (Wildman–Crippen MR) is 92.5 cm³/mol. The monoisotopic (exact) mass is 315 g/mol. The smallest absolute Gasteiger partial charge is 0.309 e. The third kappa shape index (κ3) is 3.16. The molecule has 1 aliphatic heterocycles. The second kappa shape index (κ2) is 6.64. The van der Waals surface area contributed by atoms with E-state index < -0.39 is 11.4 Å². The lowest BCUT2D eigenvalue weighted by Gasteiger charge is -2.37. The Labute approximate surface area is 139 Å². The van der Waals surface area contributed by atoms with Crippen LogP contribution in [-0.4, -0.2) is 35.1 Å². The standard InChI is InChI=1S/C20H29NO2/c1-15(2)20(19(22)23)11-8-18(14-20)21-12-9-17(10-13-21)16-6-4-3-5-7-16/h3-7,15,17-18H,8-14H2,1-2H3,(H,22,23). The summed E-state index contributed by atoms with van der Waals surface area (Å²) in [7, 11) is 0. The molecule has 0 radical (unpaired) electrons. The van der Waals surface area contributed by atoms with Crippen LogP contribution in [0.5, 0.6) is 0 Å². The van der Waals surface area contributed by atoms with Gasteiger partial charge in [-0.3, -0.25) is 4.79 Å². The molecule has 126 valence electrons. The van der Waals surface area contributed by atoms with E-state index in [1.165, 1.54) is 18.4 Å². The molecule has 1 N–H and O–H groups in total. The van der Waals surface area contributed by atoms with E-state index in [1.807, 2.05) is 0 Å². The van der Waals surface area contributed by atoms with Crippen LogP contribution in [0.15, 0.2) is 30.3 Å². The van der Waals surface area contributed by atoms with Crippen LogP contribution in [0.3, 0.4) is 0 Å². The fraction of sp³-hybridized carbons (Fsp3) is 0.650. The highest BCUT2D eigenvalue weighted by Gasteiger charge is 2.49. The molecule has 3 nitrogen and oxygen atoms in total. The van der Waals surface area contributed by atoms with Gasteiger partial charge in [0.2, 0.25) is 0 Å². The number of benzene rings is 1. The lowest BCUT2D eigenvalue weighted by atomic mass is 9.75. The van der Waals surface area contributed by atoms with Crippen molar-refractivity contribution in [3.05, 3.63) is 35.9 Å². The maximum Gasteiger partial charge on any atom is 0.309 e. The molecule has 3 heteroatoms. The zero-order valence-electron chi connectivity index (χ0n) is 14.4. The van der Waals surface area contributed by atoms with Gasteiger partial charge in [0, 0.05) is 6.04 Å². The van der Waals surface area contributed by atoms with Gasteiger partial charge in [-0.25, -0.2) is 0 Å². The molecule has 0 aromatic heterocycles.